The summed E-state index contributed by atoms with van der Waals surface area (Å²) < 4.78 is 0.826. The number of aromatic nitrogens is 1. The molecule has 3 aromatic rings. The van der Waals surface area contributed by atoms with E-state index in [9.17, 15) is 4.79 Å². The molecule has 0 fully saturated rings. The van der Waals surface area contributed by atoms with Crippen molar-refractivity contribution in [1.29, 1.82) is 0 Å². The van der Waals surface area contributed by atoms with Gasteiger partial charge in [-0.25, -0.2) is 0 Å². The van der Waals surface area contributed by atoms with Gasteiger partial charge >= 0.3 is 0 Å². The summed E-state index contributed by atoms with van der Waals surface area (Å²) in [6.07, 6.45) is 0. The number of para-hydroxylation sites is 1. The number of hydrogen-bond donors (Lipinski definition) is 1. The van der Waals surface area contributed by atoms with E-state index in [0.29, 0.717) is 4.88 Å². The second-order valence-corrected chi connectivity index (χ2v) is 6.93. The molecule has 0 aliphatic rings. The van der Waals surface area contributed by atoms with Crippen LogP contribution in [0.5, 0.6) is 0 Å². The highest BCUT2D eigenvalue weighted by Crippen LogP contribution is 2.29. The second kappa shape index (κ2) is 5.58. The van der Waals surface area contributed by atoms with E-state index in [1.165, 1.54) is 11.3 Å². The molecule has 0 aliphatic heterocycles. The quantitative estimate of drug-likeness (QED) is 0.703. The molecule has 0 saturated carbocycles. The minimum atomic E-state index is -0.115. The highest BCUT2D eigenvalue weighted by Gasteiger charge is 2.15. The van der Waals surface area contributed by atoms with Gasteiger partial charge in [0.25, 0.3) is 5.91 Å². The number of pyridine rings is 1. The Morgan fingerprint density at radius 1 is 1.24 bits per heavy atom. The maximum absolute atomic E-state index is 12.4. The predicted molar refractivity (Wildman–Crippen MR) is 91.2 cm³/mol. The Labute approximate surface area is 135 Å². The average Bonchev–Trinajstić information content (AvgIpc) is 2.78. The van der Waals surface area contributed by atoms with Crippen LogP contribution in [0.4, 0.5) is 5.69 Å². The lowest BCUT2D eigenvalue weighted by Crippen LogP contribution is -2.11. The van der Waals surface area contributed by atoms with Crippen LogP contribution in [0.2, 0.25) is 0 Å². The number of benzene rings is 1. The van der Waals surface area contributed by atoms with E-state index in [-0.39, 0.29) is 5.91 Å². The first-order valence-corrected chi connectivity index (χ1v) is 8.09. The van der Waals surface area contributed by atoms with Crippen molar-refractivity contribution in [2.75, 3.05) is 5.32 Å². The molecule has 0 radical (unpaired) electrons. The third-order valence-corrected chi connectivity index (χ3v) is 5.06. The molecule has 0 spiro atoms. The minimum Gasteiger partial charge on any atom is -0.319 e. The van der Waals surface area contributed by atoms with Crippen molar-refractivity contribution in [2.24, 2.45) is 0 Å². The number of nitrogens with one attached hydrogen (secondary N) is 1. The molecule has 3 rings (SSSR count). The minimum absolute atomic E-state index is 0.115. The lowest BCUT2D eigenvalue weighted by Gasteiger charge is -2.08. The van der Waals surface area contributed by atoms with Gasteiger partial charge in [0.2, 0.25) is 0 Å². The third kappa shape index (κ3) is 2.84. The Morgan fingerprint density at radius 2 is 2.05 bits per heavy atom. The molecule has 0 bridgehead atoms. The highest BCUT2D eigenvalue weighted by molar-refractivity contribution is 9.10. The van der Waals surface area contributed by atoms with Gasteiger partial charge in [0.05, 0.1) is 11.2 Å². The number of amides is 1. The fourth-order valence-electron chi connectivity index (χ4n) is 2.16. The summed E-state index contributed by atoms with van der Waals surface area (Å²) in [5.41, 5.74) is 2.48. The maximum Gasteiger partial charge on any atom is 0.266 e. The molecule has 0 aliphatic carbocycles. The molecule has 3 nitrogen and oxygen atoms in total. The molecule has 21 heavy (non-hydrogen) atoms. The van der Waals surface area contributed by atoms with Crippen molar-refractivity contribution >= 4 is 49.8 Å². The summed E-state index contributed by atoms with van der Waals surface area (Å²) in [7, 11) is 0. The van der Waals surface area contributed by atoms with E-state index in [4.69, 9.17) is 0 Å². The number of hydrogen-bond acceptors (Lipinski definition) is 3. The van der Waals surface area contributed by atoms with Crippen molar-refractivity contribution in [3.05, 3.63) is 56.3 Å². The number of fused-ring (bicyclic) bond motifs is 1. The van der Waals surface area contributed by atoms with Crippen molar-refractivity contribution in [3.63, 3.8) is 0 Å². The SMILES string of the molecule is Cc1ccc2cccc(NC(=O)c3sc(C)cc3Br)c2n1. The highest BCUT2D eigenvalue weighted by atomic mass is 79.9. The number of nitrogens with zero attached hydrogens (tertiary/aromatic N) is 1. The molecular formula is C16H13BrN2OS. The van der Waals surface area contributed by atoms with Gasteiger partial charge in [-0.3, -0.25) is 9.78 Å². The van der Waals surface area contributed by atoms with Gasteiger partial charge in [0.15, 0.2) is 0 Å². The molecule has 2 aromatic heterocycles. The molecule has 1 amide bonds. The van der Waals surface area contributed by atoms with E-state index < -0.39 is 0 Å². The standard InChI is InChI=1S/C16H13BrN2OS/c1-9-6-7-11-4-3-5-13(14(11)18-9)19-16(20)15-12(17)8-10(2)21-15/h3-8H,1-2H3,(H,19,20). The van der Waals surface area contributed by atoms with E-state index in [1.54, 1.807) is 0 Å². The van der Waals surface area contributed by atoms with Crippen molar-refractivity contribution in [3.8, 4) is 0 Å². The Hall–Kier alpha value is -1.72. The van der Waals surface area contributed by atoms with Gasteiger partial charge in [-0.05, 0) is 48.0 Å². The Bertz CT molecular complexity index is 841. The summed E-state index contributed by atoms with van der Waals surface area (Å²) >= 11 is 4.90. The summed E-state index contributed by atoms with van der Waals surface area (Å²) in [6.45, 7) is 3.92. The van der Waals surface area contributed by atoms with Gasteiger partial charge < -0.3 is 5.32 Å². The van der Waals surface area contributed by atoms with E-state index in [0.717, 1.165) is 31.6 Å². The second-order valence-electron chi connectivity index (χ2n) is 4.82. The molecule has 5 heteroatoms. The third-order valence-electron chi connectivity index (χ3n) is 3.12. The van der Waals surface area contributed by atoms with Crippen LogP contribution in [0.1, 0.15) is 20.2 Å². The normalized spacial score (nSPS) is 10.8. The van der Waals surface area contributed by atoms with Gasteiger partial charge in [-0.1, -0.05) is 18.2 Å². The Morgan fingerprint density at radius 3 is 2.76 bits per heavy atom. The zero-order chi connectivity index (χ0) is 15.0. The lowest BCUT2D eigenvalue weighted by molar-refractivity contribution is 0.103. The molecule has 106 valence electrons. The number of carbonyl (C=O) groups is 1. The van der Waals surface area contributed by atoms with E-state index in [2.05, 4.69) is 26.2 Å². The topological polar surface area (TPSA) is 42.0 Å². The summed E-state index contributed by atoms with van der Waals surface area (Å²) in [4.78, 5) is 18.7. The van der Waals surface area contributed by atoms with Crippen LogP contribution < -0.4 is 5.32 Å². The molecule has 1 N–H and O–H groups in total. The van der Waals surface area contributed by atoms with Crippen LogP contribution in [0.25, 0.3) is 10.9 Å². The largest absolute Gasteiger partial charge is 0.319 e. The van der Waals surface area contributed by atoms with Crippen LogP contribution in [0.3, 0.4) is 0 Å². The first kappa shape index (κ1) is 14.2. The molecule has 2 heterocycles. The first-order chi connectivity index (χ1) is 10.0. The number of halogens is 1. The van der Waals surface area contributed by atoms with Crippen molar-refractivity contribution in [1.82, 2.24) is 4.98 Å². The number of anilines is 1. The van der Waals surface area contributed by atoms with Crippen molar-refractivity contribution < 1.29 is 4.79 Å². The fourth-order valence-corrected chi connectivity index (χ4v) is 3.88. The summed E-state index contributed by atoms with van der Waals surface area (Å²) in [5.74, 6) is -0.115. The number of thiophene rings is 1. The van der Waals surface area contributed by atoms with Crippen LogP contribution in [0.15, 0.2) is 40.9 Å². The molecular weight excluding hydrogens is 348 g/mol. The van der Waals surface area contributed by atoms with Gasteiger partial charge in [-0.15, -0.1) is 11.3 Å². The van der Waals surface area contributed by atoms with E-state index >= 15 is 0 Å². The number of aryl methyl sites for hydroxylation is 2. The monoisotopic (exact) mass is 360 g/mol. The molecule has 0 saturated heterocycles. The number of rotatable bonds is 2. The van der Waals surface area contributed by atoms with Gasteiger partial charge in [-0.2, -0.15) is 0 Å². The fraction of sp³-hybridized carbons (Fsp3) is 0.125. The Kier molecular flexibility index (Phi) is 3.78. The predicted octanol–water partition coefficient (Wildman–Crippen LogP) is 4.93. The summed E-state index contributed by atoms with van der Waals surface area (Å²) in [6, 6.07) is 11.7. The molecule has 0 unspecified atom stereocenters. The average molecular weight is 361 g/mol. The van der Waals surface area contributed by atoms with Crippen LogP contribution in [-0.2, 0) is 0 Å². The zero-order valence-electron chi connectivity index (χ0n) is 11.6. The Balaban J connectivity index is 2.00. The molecule has 1 aromatic carbocycles. The zero-order valence-corrected chi connectivity index (χ0v) is 14.0. The van der Waals surface area contributed by atoms with Crippen LogP contribution in [-0.4, -0.2) is 10.9 Å². The first-order valence-electron chi connectivity index (χ1n) is 6.48. The van der Waals surface area contributed by atoms with Crippen LogP contribution >= 0.6 is 27.3 Å². The van der Waals surface area contributed by atoms with Gasteiger partial charge in [0.1, 0.15) is 4.88 Å². The van der Waals surface area contributed by atoms with Crippen molar-refractivity contribution in [2.45, 2.75) is 13.8 Å². The lowest BCUT2D eigenvalue weighted by atomic mass is 10.1. The number of carbonyl (C=O) groups excluding carboxylic acids is 1. The maximum atomic E-state index is 12.4. The molecule has 0 atom stereocenters. The van der Waals surface area contributed by atoms with Gasteiger partial charge in [0, 0.05) is 20.4 Å². The smallest absolute Gasteiger partial charge is 0.266 e. The van der Waals surface area contributed by atoms with Crippen LogP contribution in [0, 0.1) is 13.8 Å². The van der Waals surface area contributed by atoms with E-state index in [1.807, 2.05) is 50.2 Å². The summed E-state index contributed by atoms with van der Waals surface area (Å²) in [5, 5.41) is 3.98.